The molecule has 10 heteroatoms. The van der Waals surface area contributed by atoms with Crippen molar-refractivity contribution in [3.05, 3.63) is 59.1 Å². The van der Waals surface area contributed by atoms with Crippen molar-refractivity contribution in [3.63, 3.8) is 0 Å². The molecule has 2 aromatic rings. The number of halogens is 1. The van der Waals surface area contributed by atoms with Crippen LogP contribution in [0.3, 0.4) is 0 Å². The summed E-state index contributed by atoms with van der Waals surface area (Å²) in [6.07, 6.45) is 0. The van der Waals surface area contributed by atoms with Crippen molar-refractivity contribution in [2.75, 3.05) is 38.0 Å². The summed E-state index contributed by atoms with van der Waals surface area (Å²) in [5, 5.41) is 6.44. The fraction of sp³-hybridized carbons (Fsp3) is 0.391. The number of rotatable bonds is 6. The maximum atomic E-state index is 12.8. The zero-order valence-electron chi connectivity index (χ0n) is 19.0. The number of amides is 2. The van der Waals surface area contributed by atoms with Crippen LogP contribution in [-0.2, 0) is 14.8 Å². The first kappa shape index (κ1) is 25.0. The fourth-order valence-corrected chi connectivity index (χ4v) is 4.92. The van der Waals surface area contributed by atoms with Gasteiger partial charge in [-0.3, -0.25) is 9.59 Å². The van der Waals surface area contributed by atoms with Crippen molar-refractivity contribution in [2.24, 2.45) is 0 Å². The van der Waals surface area contributed by atoms with E-state index in [0.717, 1.165) is 5.69 Å². The topological polar surface area (TPSA) is 98.8 Å². The van der Waals surface area contributed by atoms with E-state index in [4.69, 9.17) is 11.6 Å². The Morgan fingerprint density at radius 1 is 0.939 bits per heavy atom. The molecule has 8 nitrogen and oxygen atoms in total. The number of benzene rings is 2. The van der Waals surface area contributed by atoms with E-state index < -0.39 is 10.0 Å². The molecule has 1 aliphatic rings. The molecular formula is C23H29ClN4O4S. The van der Waals surface area contributed by atoms with Gasteiger partial charge in [0, 0.05) is 48.0 Å². The monoisotopic (exact) mass is 492 g/mol. The molecule has 3 rings (SSSR count). The van der Waals surface area contributed by atoms with Crippen molar-refractivity contribution >= 4 is 39.1 Å². The third-order valence-electron chi connectivity index (χ3n) is 5.12. The molecule has 1 saturated heterocycles. The molecule has 0 bridgehead atoms. The van der Waals surface area contributed by atoms with Crippen LogP contribution in [0.4, 0.5) is 5.69 Å². The van der Waals surface area contributed by atoms with E-state index in [-0.39, 0.29) is 41.9 Å². The van der Waals surface area contributed by atoms with Crippen LogP contribution in [0.1, 0.15) is 31.1 Å². The van der Waals surface area contributed by atoms with Gasteiger partial charge in [-0.15, -0.1) is 0 Å². The molecule has 2 amide bonds. The van der Waals surface area contributed by atoms with Gasteiger partial charge in [-0.2, -0.15) is 4.31 Å². The first-order valence-electron chi connectivity index (χ1n) is 10.7. The highest BCUT2D eigenvalue weighted by Gasteiger charge is 2.30. The largest absolute Gasteiger partial charge is 0.376 e. The van der Waals surface area contributed by atoms with Gasteiger partial charge in [-0.1, -0.05) is 11.6 Å². The summed E-state index contributed by atoms with van der Waals surface area (Å²) in [5.74, 6) is -0.273. The smallest absolute Gasteiger partial charge is 0.251 e. The van der Waals surface area contributed by atoms with Gasteiger partial charge in [0.25, 0.3) is 5.91 Å². The lowest BCUT2D eigenvalue weighted by Gasteiger charge is -2.34. The highest BCUT2D eigenvalue weighted by atomic mass is 35.5. The lowest BCUT2D eigenvalue weighted by molar-refractivity contribution is -0.130. The average molecular weight is 493 g/mol. The number of piperazine rings is 1. The van der Waals surface area contributed by atoms with Gasteiger partial charge in [0.15, 0.2) is 0 Å². The van der Waals surface area contributed by atoms with Crippen LogP contribution >= 0.6 is 11.6 Å². The average Bonchev–Trinajstić information content (AvgIpc) is 2.77. The minimum Gasteiger partial charge on any atom is -0.376 e. The van der Waals surface area contributed by atoms with Crippen LogP contribution in [0.25, 0.3) is 0 Å². The Labute approximate surface area is 200 Å². The quantitative estimate of drug-likeness (QED) is 0.646. The second kappa shape index (κ2) is 10.1. The fourth-order valence-electron chi connectivity index (χ4n) is 3.38. The normalized spacial score (nSPS) is 15.2. The zero-order valence-corrected chi connectivity index (χ0v) is 20.5. The van der Waals surface area contributed by atoms with E-state index in [1.165, 1.54) is 16.4 Å². The number of hydrogen-bond donors (Lipinski definition) is 2. The standard InChI is InChI=1S/C23H29ClN4O4S/c1-23(2,3)26-22(30)17-4-8-19(9-5-17)25-16-21(29)27-12-14-28(15-13-27)33(31,32)20-10-6-18(24)7-11-20/h4-11,25H,12-16H2,1-3H3,(H,26,30). The van der Waals surface area contributed by atoms with Crippen molar-refractivity contribution in [1.82, 2.24) is 14.5 Å². The number of nitrogens with zero attached hydrogens (tertiary/aromatic N) is 2. The summed E-state index contributed by atoms with van der Waals surface area (Å²) in [4.78, 5) is 26.6. The van der Waals surface area contributed by atoms with Crippen LogP contribution in [0.15, 0.2) is 53.4 Å². The molecular weight excluding hydrogens is 464 g/mol. The van der Waals surface area contributed by atoms with Gasteiger partial charge < -0.3 is 15.5 Å². The highest BCUT2D eigenvalue weighted by molar-refractivity contribution is 7.89. The number of nitrogens with one attached hydrogen (secondary N) is 2. The van der Waals surface area contributed by atoms with Gasteiger partial charge in [0.2, 0.25) is 15.9 Å². The van der Waals surface area contributed by atoms with E-state index in [2.05, 4.69) is 10.6 Å². The number of anilines is 1. The van der Waals surface area contributed by atoms with Crippen molar-refractivity contribution < 1.29 is 18.0 Å². The molecule has 178 valence electrons. The molecule has 1 heterocycles. The Hall–Kier alpha value is -2.62. The zero-order chi connectivity index (χ0) is 24.2. The minimum atomic E-state index is -3.62. The summed E-state index contributed by atoms with van der Waals surface area (Å²) in [6, 6.07) is 13.0. The molecule has 0 unspecified atom stereocenters. The molecule has 2 aromatic carbocycles. The van der Waals surface area contributed by atoms with Crippen LogP contribution in [0, 0.1) is 0 Å². The Bertz CT molecular complexity index is 1090. The van der Waals surface area contributed by atoms with Gasteiger partial charge in [-0.05, 0) is 69.3 Å². The number of carbonyl (C=O) groups excluding carboxylic acids is 2. The van der Waals surface area contributed by atoms with Gasteiger partial charge in [-0.25, -0.2) is 8.42 Å². The highest BCUT2D eigenvalue weighted by Crippen LogP contribution is 2.20. The molecule has 0 aliphatic carbocycles. The molecule has 0 atom stereocenters. The van der Waals surface area contributed by atoms with E-state index in [9.17, 15) is 18.0 Å². The van der Waals surface area contributed by atoms with Gasteiger partial charge in [0.1, 0.15) is 0 Å². The molecule has 1 fully saturated rings. The molecule has 1 aliphatic heterocycles. The predicted molar refractivity (Wildman–Crippen MR) is 129 cm³/mol. The number of sulfonamides is 1. The van der Waals surface area contributed by atoms with E-state index in [1.807, 2.05) is 20.8 Å². The SMILES string of the molecule is CC(C)(C)NC(=O)c1ccc(NCC(=O)N2CCN(S(=O)(=O)c3ccc(Cl)cc3)CC2)cc1. The summed E-state index contributed by atoms with van der Waals surface area (Å²) >= 11 is 5.84. The predicted octanol–water partition coefficient (Wildman–Crippen LogP) is 2.81. The third-order valence-corrected chi connectivity index (χ3v) is 7.29. The first-order valence-corrected chi connectivity index (χ1v) is 12.5. The van der Waals surface area contributed by atoms with E-state index >= 15 is 0 Å². The summed E-state index contributed by atoms with van der Waals surface area (Å²) in [7, 11) is -3.62. The molecule has 0 spiro atoms. The maximum Gasteiger partial charge on any atom is 0.251 e. The number of carbonyl (C=O) groups is 2. The molecule has 0 saturated carbocycles. The van der Waals surface area contributed by atoms with Crippen LogP contribution in [0.5, 0.6) is 0 Å². The molecule has 33 heavy (non-hydrogen) atoms. The summed E-state index contributed by atoms with van der Waals surface area (Å²) in [6.45, 7) is 6.93. The van der Waals surface area contributed by atoms with Crippen LogP contribution < -0.4 is 10.6 Å². The molecule has 0 radical (unpaired) electrons. The molecule has 2 N–H and O–H groups in total. The van der Waals surface area contributed by atoms with Gasteiger partial charge in [0.05, 0.1) is 11.4 Å². The third kappa shape index (κ3) is 6.69. The second-order valence-electron chi connectivity index (χ2n) is 8.87. The lowest BCUT2D eigenvalue weighted by atomic mass is 10.1. The Kier molecular flexibility index (Phi) is 7.66. The Balaban J connectivity index is 1.49. The van der Waals surface area contributed by atoms with Crippen molar-refractivity contribution in [2.45, 2.75) is 31.2 Å². The van der Waals surface area contributed by atoms with Crippen LogP contribution in [-0.4, -0.2) is 67.7 Å². The first-order chi connectivity index (χ1) is 15.5. The number of hydrogen-bond acceptors (Lipinski definition) is 5. The van der Waals surface area contributed by atoms with Crippen molar-refractivity contribution in [3.8, 4) is 0 Å². The van der Waals surface area contributed by atoms with E-state index in [1.54, 1.807) is 41.3 Å². The Morgan fingerprint density at radius 2 is 1.52 bits per heavy atom. The van der Waals surface area contributed by atoms with Crippen LogP contribution in [0.2, 0.25) is 5.02 Å². The second-order valence-corrected chi connectivity index (χ2v) is 11.2. The Morgan fingerprint density at radius 3 is 2.06 bits per heavy atom. The van der Waals surface area contributed by atoms with E-state index in [0.29, 0.717) is 23.7 Å². The van der Waals surface area contributed by atoms with Gasteiger partial charge >= 0.3 is 0 Å². The maximum absolute atomic E-state index is 12.8. The summed E-state index contributed by atoms with van der Waals surface area (Å²) < 4.78 is 26.9. The lowest BCUT2D eigenvalue weighted by Crippen LogP contribution is -2.51. The summed E-state index contributed by atoms with van der Waals surface area (Å²) in [5.41, 5.74) is 0.943. The van der Waals surface area contributed by atoms with Crippen molar-refractivity contribution in [1.29, 1.82) is 0 Å². The minimum absolute atomic E-state index is 0.0808. The molecule has 0 aromatic heterocycles.